The Kier molecular flexibility index (Phi) is 8.37. The lowest BCUT2D eigenvalue weighted by Crippen LogP contribution is -2.53. The molecular weight excluding hydrogens is 450 g/mol. The van der Waals surface area contributed by atoms with Crippen LogP contribution in [-0.2, 0) is 22.6 Å². The Hall–Kier alpha value is -2.26. The first-order chi connectivity index (χ1) is 16.4. The Labute approximate surface area is 205 Å². The Balaban J connectivity index is 1.28. The molecule has 1 aliphatic carbocycles. The minimum atomic E-state index is -1.80. The van der Waals surface area contributed by atoms with Gasteiger partial charge in [-0.25, -0.2) is 0 Å². The molecule has 2 heterocycles. The number of benzene rings is 1. The number of rotatable bonds is 8. The molecule has 7 nitrogen and oxygen atoms in total. The molecule has 5 atom stereocenters. The molecule has 0 spiro atoms. The van der Waals surface area contributed by atoms with E-state index in [4.69, 9.17) is 5.73 Å². The number of nitrogens with two attached hydrogens (primary N) is 1. The lowest BCUT2D eigenvalue weighted by molar-refractivity contribution is -0.154. The SMILES string of the molecule is NC1CCCC(C2CCCN2C(=O)[C@H](O)[C@@H](O)C(=O)NCc2ccc(Cc3ccccc3)s2)C1. The second-order valence-electron chi connectivity index (χ2n) is 9.57. The van der Waals surface area contributed by atoms with Crippen LogP contribution in [0.4, 0.5) is 0 Å². The first-order valence-electron chi connectivity index (χ1n) is 12.2. The number of nitrogens with one attached hydrogen (secondary N) is 1. The van der Waals surface area contributed by atoms with Gasteiger partial charge >= 0.3 is 0 Å². The summed E-state index contributed by atoms with van der Waals surface area (Å²) >= 11 is 1.59. The van der Waals surface area contributed by atoms with E-state index in [1.54, 1.807) is 16.2 Å². The molecule has 2 amide bonds. The number of thiophene rings is 1. The number of amides is 2. The molecule has 0 bridgehead atoms. The first kappa shape index (κ1) is 24.9. The lowest BCUT2D eigenvalue weighted by Gasteiger charge is -2.37. The van der Waals surface area contributed by atoms with Crippen molar-refractivity contribution in [3.8, 4) is 0 Å². The van der Waals surface area contributed by atoms with Gasteiger partial charge in [0, 0.05) is 34.8 Å². The van der Waals surface area contributed by atoms with Gasteiger partial charge in [0.1, 0.15) is 0 Å². The van der Waals surface area contributed by atoms with Crippen LogP contribution in [0.15, 0.2) is 42.5 Å². The molecule has 8 heteroatoms. The standard InChI is InChI=1S/C26H35N3O4S/c27-19-9-4-8-18(15-19)22-10-5-13-29(22)26(33)24(31)23(30)25(32)28-16-21-12-11-20(34-21)14-17-6-2-1-3-7-17/h1-3,6-7,11-12,18-19,22-24,30-31H,4-5,8-10,13-16,27H2,(H,28,32)/t18?,19?,22?,23-,24-/m1/s1. The molecule has 3 unspecified atom stereocenters. The van der Waals surface area contributed by atoms with E-state index >= 15 is 0 Å². The predicted molar refractivity (Wildman–Crippen MR) is 132 cm³/mol. The smallest absolute Gasteiger partial charge is 0.254 e. The Morgan fingerprint density at radius 2 is 1.79 bits per heavy atom. The van der Waals surface area contributed by atoms with E-state index in [1.807, 2.05) is 30.3 Å². The summed E-state index contributed by atoms with van der Waals surface area (Å²) in [7, 11) is 0. The van der Waals surface area contributed by atoms with Gasteiger partial charge in [0.25, 0.3) is 11.8 Å². The predicted octanol–water partition coefficient (Wildman–Crippen LogP) is 2.19. The highest BCUT2D eigenvalue weighted by Gasteiger charge is 2.41. The molecule has 1 aromatic carbocycles. The highest BCUT2D eigenvalue weighted by Crippen LogP contribution is 2.34. The Bertz CT molecular complexity index is 966. The molecule has 4 rings (SSSR count). The van der Waals surface area contributed by atoms with Gasteiger partial charge in [-0.05, 0) is 55.7 Å². The van der Waals surface area contributed by atoms with Gasteiger partial charge in [-0.15, -0.1) is 11.3 Å². The third-order valence-corrected chi connectivity index (χ3v) is 8.16. The molecule has 1 saturated carbocycles. The number of carbonyl (C=O) groups excluding carboxylic acids is 2. The number of aliphatic hydroxyl groups is 2. The number of hydrogen-bond donors (Lipinski definition) is 4. The number of aliphatic hydroxyl groups excluding tert-OH is 2. The van der Waals surface area contributed by atoms with Crippen LogP contribution in [0.1, 0.15) is 53.8 Å². The Morgan fingerprint density at radius 1 is 1.03 bits per heavy atom. The quantitative estimate of drug-likeness (QED) is 0.457. The summed E-state index contributed by atoms with van der Waals surface area (Å²) < 4.78 is 0. The summed E-state index contributed by atoms with van der Waals surface area (Å²) in [6.07, 6.45) is 2.95. The van der Waals surface area contributed by atoms with Crippen molar-refractivity contribution in [2.24, 2.45) is 11.7 Å². The van der Waals surface area contributed by atoms with E-state index in [0.717, 1.165) is 49.8 Å². The second-order valence-corrected chi connectivity index (χ2v) is 10.8. The normalized spacial score (nSPS) is 24.6. The van der Waals surface area contributed by atoms with Crippen LogP contribution in [-0.4, -0.2) is 57.8 Å². The van der Waals surface area contributed by atoms with Gasteiger partial charge < -0.3 is 26.2 Å². The van der Waals surface area contributed by atoms with Crippen molar-refractivity contribution in [1.82, 2.24) is 10.2 Å². The van der Waals surface area contributed by atoms with E-state index < -0.39 is 24.0 Å². The topological polar surface area (TPSA) is 116 Å². The number of likely N-dealkylation sites (tertiary alicyclic amines) is 1. The minimum absolute atomic E-state index is 0.0258. The van der Waals surface area contributed by atoms with Gasteiger partial charge in [-0.3, -0.25) is 9.59 Å². The zero-order valence-electron chi connectivity index (χ0n) is 19.4. The van der Waals surface area contributed by atoms with Gasteiger partial charge in [0.2, 0.25) is 0 Å². The Morgan fingerprint density at radius 3 is 2.56 bits per heavy atom. The van der Waals surface area contributed by atoms with Gasteiger partial charge in [-0.2, -0.15) is 0 Å². The third kappa shape index (κ3) is 6.05. The van der Waals surface area contributed by atoms with Crippen molar-refractivity contribution in [1.29, 1.82) is 0 Å². The average Bonchev–Trinajstić information content (AvgIpc) is 3.51. The largest absolute Gasteiger partial charge is 0.380 e. The van der Waals surface area contributed by atoms with E-state index in [-0.39, 0.29) is 18.6 Å². The number of nitrogens with zero attached hydrogens (tertiary/aromatic N) is 1. The molecule has 2 fully saturated rings. The maximum absolute atomic E-state index is 13.0. The van der Waals surface area contributed by atoms with Crippen LogP contribution in [0, 0.1) is 5.92 Å². The summed E-state index contributed by atoms with van der Waals surface area (Å²) in [5.41, 5.74) is 7.35. The van der Waals surface area contributed by atoms with Crippen LogP contribution in [0.5, 0.6) is 0 Å². The minimum Gasteiger partial charge on any atom is -0.380 e. The van der Waals surface area contributed by atoms with Crippen LogP contribution in [0.2, 0.25) is 0 Å². The lowest BCUT2D eigenvalue weighted by atomic mass is 9.80. The van der Waals surface area contributed by atoms with Crippen LogP contribution in [0.25, 0.3) is 0 Å². The van der Waals surface area contributed by atoms with E-state index in [9.17, 15) is 19.8 Å². The summed E-state index contributed by atoms with van der Waals surface area (Å²) in [5, 5.41) is 23.6. The fourth-order valence-corrected chi connectivity index (χ4v) is 6.30. The summed E-state index contributed by atoms with van der Waals surface area (Å²) in [6.45, 7) is 0.780. The highest BCUT2D eigenvalue weighted by atomic mass is 32.1. The number of carbonyl (C=O) groups is 2. The summed E-state index contributed by atoms with van der Waals surface area (Å²) in [5.74, 6) is -0.989. The van der Waals surface area contributed by atoms with Gasteiger partial charge in [0.15, 0.2) is 12.2 Å². The molecule has 0 radical (unpaired) electrons. The van der Waals surface area contributed by atoms with Crippen molar-refractivity contribution in [3.63, 3.8) is 0 Å². The molecule has 2 aromatic rings. The fraction of sp³-hybridized carbons (Fsp3) is 0.538. The van der Waals surface area contributed by atoms with Gasteiger partial charge in [-0.1, -0.05) is 36.8 Å². The molecule has 1 aromatic heterocycles. The van der Waals surface area contributed by atoms with Crippen LogP contribution >= 0.6 is 11.3 Å². The van der Waals surface area contributed by atoms with Crippen LogP contribution in [0.3, 0.4) is 0 Å². The molecular formula is C26H35N3O4S. The molecule has 5 N–H and O–H groups in total. The maximum atomic E-state index is 13.0. The van der Waals surface area contributed by atoms with Crippen molar-refractivity contribution < 1.29 is 19.8 Å². The summed E-state index contributed by atoms with van der Waals surface area (Å²) in [4.78, 5) is 29.3. The van der Waals surface area contributed by atoms with E-state index in [1.165, 1.54) is 10.4 Å². The van der Waals surface area contributed by atoms with Crippen molar-refractivity contribution in [2.75, 3.05) is 6.54 Å². The van der Waals surface area contributed by atoms with Crippen molar-refractivity contribution in [3.05, 3.63) is 57.8 Å². The highest BCUT2D eigenvalue weighted by molar-refractivity contribution is 7.12. The fourth-order valence-electron chi connectivity index (χ4n) is 5.31. The maximum Gasteiger partial charge on any atom is 0.254 e. The van der Waals surface area contributed by atoms with Crippen LogP contribution < -0.4 is 11.1 Å². The summed E-state index contributed by atoms with van der Waals surface area (Å²) in [6, 6.07) is 14.3. The molecule has 184 valence electrons. The number of hydrogen-bond acceptors (Lipinski definition) is 6. The molecule has 1 saturated heterocycles. The second kappa shape index (κ2) is 11.4. The van der Waals surface area contributed by atoms with Crippen molar-refractivity contribution in [2.45, 2.75) is 75.8 Å². The third-order valence-electron chi connectivity index (χ3n) is 7.08. The van der Waals surface area contributed by atoms with E-state index in [2.05, 4.69) is 17.4 Å². The molecule has 34 heavy (non-hydrogen) atoms. The average molecular weight is 486 g/mol. The monoisotopic (exact) mass is 485 g/mol. The molecule has 1 aliphatic heterocycles. The first-order valence-corrected chi connectivity index (χ1v) is 13.1. The van der Waals surface area contributed by atoms with E-state index in [0.29, 0.717) is 12.5 Å². The van der Waals surface area contributed by atoms with Gasteiger partial charge in [0.05, 0.1) is 6.54 Å². The molecule has 2 aliphatic rings. The van der Waals surface area contributed by atoms with Crippen molar-refractivity contribution >= 4 is 23.2 Å². The zero-order valence-corrected chi connectivity index (χ0v) is 20.3. The zero-order chi connectivity index (χ0) is 24.1.